The molecule has 0 bridgehead atoms. The Labute approximate surface area is 130 Å². The van der Waals surface area contributed by atoms with E-state index in [1.807, 2.05) is 32.0 Å². The molecule has 1 aliphatic rings. The zero-order valence-electron chi connectivity index (χ0n) is 12.8. The van der Waals surface area contributed by atoms with Crippen molar-refractivity contribution in [1.82, 2.24) is 10.2 Å². The monoisotopic (exact) mass is 324 g/mol. The Kier molecular flexibility index (Phi) is 4.85. The van der Waals surface area contributed by atoms with Crippen LogP contribution in [0, 0.1) is 13.8 Å². The van der Waals surface area contributed by atoms with Crippen molar-refractivity contribution in [2.45, 2.75) is 19.6 Å². The molecule has 1 N–H and O–H groups in total. The lowest BCUT2D eigenvalue weighted by atomic mass is 10.1. The van der Waals surface area contributed by atoms with Crippen molar-refractivity contribution < 1.29 is 18.0 Å². The Morgan fingerprint density at radius 1 is 1.32 bits per heavy atom. The van der Waals surface area contributed by atoms with E-state index in [0.29, 0.717) is 18.7 Å². The third-order valence-electron chi connectivity index (χ3n) is 3.61. The van der Waals surface area contributed by atoms with Crippen molar-refractivity contribution in [3.8, 4) is 0 Å². The maximum Gasteiger partial charge on any atom is 0.239 e. The van der Waals surface area contributed by atoms with Gasteiger partial charge in [-0.15, -0.1) is 0 Å². The van der Waals surface area contributed by atoms with Crippen LogP contribution in [0.1, 0.15) is 16.7 Å². The van der Waals surface area contributed by atoms with Crippen molar-refractivity contribution in [3.05, 3.63) is 34.9 Å². The van der Waals surface area contributed by atoms with Crippen molar-refractivity contribution in [2.24, 2.45) is 0 Å². The van der Waals surface area contributed by atoms with Gasteiger partial charge in [-0.05, 0) is 25.0 Å². The number of sulfone groups is 1. The second kappa shape index (κ2) is 6.48. The van der Waals surface area contributed by atoms with E-state index in [0.717, 1.165) is 11.1 Å². The minimum absolute atomic E-state index is 0.0716. The molecule has 22 heavy (non-hydrogen) atoms. The molecule has 1 saturated heterocycles. The van der Waals surface area contributed by atoms with E-state index in [4.69, 9.17) is 0 Å². The average molecular weight is 324 g/mol. The van der Waals surface area contributed by atoms with Gasteiger partial charge in [-0.1, -0.05) is 23.8 Å². The number of carbonyl (C=O) groups is 2. The standard InChI is InChI=1S/C15H20N2O4S/c1-11-3-4-12(2)13(7-11)9-22(20,21)10-15(19)17-6-5-16-14(18)8-17/h3-4,7H,5-6,8-10H2,1-2H3,(H,16,18). The fraction of sp³-hybridized carbons (Fsp3) is 0.467. The molecule has 0 aliphatic carbocycles. The second-order valence-electron chi connectivity index (χ2n) is 5.63. The molecular formula is C15H20N2O4S. The Bertz CT molecular complexity index is 697. The highest BCUT2D eigenvalue weighted by Crippen LogP contribution is 2.15. The van der Waals surface area contributed by atoms with E-state index >= 15 is 0 Å². The van der Waals surface area contributed by atoms with Gasteiger partial charge in [-0.3, -0.25) is 9.59 Å². The zero-order valence-corrected chi connectivity index (χ0v) is 13.6. The van der Waals surface area contributed by atoms with E-state index in [-0.39, 0.29) is 18.2 Å². The van der Waals surface area contributed by atoms with E-state index in [9.17, 15) is 18.0 Å². The molecular weight excluding hydrogens is 304 g/mol. The molecule has 1 heterocycles. The number of rotatable bonds is 4. The first-order valence-electron chi connectivity index (χ1n) is 7.08. The number of hydrogen-bond acceptors (Lipinski definition) is 4. The van der Waals surface area contributed by atoms with Crippen LogP contribution in [-0.4, -0.2) is 50.5 Å². The summed E-state index contributed by atoms with van der Waals surface area (Å²) in [6, 6.07) is 5.62. The summed E-state index contributed by atoms with van der Waals surface area (Å²) in [5.74, 6) is -1.49. The molecule has 1 aromatic carbocycles. The van der Waals surface area contributed by atoms with Crippen molar-refractivity contribution in [1.29, 1.82) is 0 Å². The van der Waals surface area contributed by atoms with Crippen LogP contribution in [0.2, 0.25) is 0 Å². The molecule has 0 unspecified atom stereocenters. The molecule has 0 spiro atoms. The SMILES string of the molecule is Cc1ccc(C)c(CS(=O)(=O)CC(=O)N2CCNC(=O)C2)c1. The first-order chi connectivity index (χ1) is 10.3. The van der Waals surface area contributed by atoms with Crippen molar-refractivity contribution in [3.63, 3.8) is 0 Å². The van der Waals surface area contributed by atoms with Gasteiger partial charge in [-0.2, -0.15) is 0 Å². The first-order valence-corrected chi connectivity index (χ1v) is 8.90. The first kappa shape index (κ1) is 16.5. The van der Waals surface area contributed by atoms with E-state index < -0.39 is 21.5 Å². The van der Waals surface area contributed by atoms with Crippen LogP contribution in [0.15, 0.2) is 18.2 Å². The molecule has 1 fully saturated rings. The molecule has 120 valence electrons. The highest BCUT2D eigenvalue weighted by Gasteiger charge is 2.26. The minimum atomic E-state index is -3.56. The Morgan fingerprint density at radius 3 is 2.73 bits per heavy atom. The molecule has 2 rings (SSSR count). The Morgan fingerprint density at radius 2 is 2.05 bits per heavy atom. The molecule has 2 amide bonds. The Hall–Kier alpha value is -1.89. The summed E-state index contributed by atoms with van der Waals surface area (Å²) in [4.78, 5) is 24.6. The number of nitrogens with one attached hydrogen (secondary N) is 1. The zero-order chi connectivity index (χ0) is 16.3. The quantitative estimate of drug-likeness (QED) is 0.856. The molecule has 7 heteroatoms. The fourth-order valence-electron chi connectivity index (χ4n) is 2.37. The highest BCUT2D eigenvalue weighted by atomic mass is 32.2. The number of amides is 2. The van der Waals surface area contributed by atoms with Crippen molar-refractivity contribution in [2.75, 3.05) is 25.4 Å². The molecule has 1 aromatic rings. The summed E-state index contributed by atoms with van der Waals surface area (Å²) in [5.41, 5.74) is 2.58. The number of piperazine rings is 1. The van der Waals surface area contributed by atoms with E-state index in [2.05, 4.69) is 5.32 Å². The minimum Gasteiger partial charge on any atom is -0.353 e. The fourth-order valence-corrected chi connectivity index (χ4v) is 3.82. The van der Waals surface area contributed by atoms with Gasteiger partial charge in [0, 0.05) is 13.1 Å². The normalized spacial score (nSPS) is 15.5. The van der Waals surface area contributed by atoms with Gasteiger partial charge in [0.25, 0.3) is 0 Å². The summed E-state index contributed by atoms with van der Waals surface area (Å²) in [6.45, 7) is 4.39. The summed E-state index contributed by atoms with van der Waals surface area (Å²) in [6.07, 6.45) is 0. The molecule has 0 saturated carbocycles. The lowest BCUT2D eigenvalue weighted by Crippen LogP contribution is -2.51. The number of hydrogen-bond donors (Lipinski definition) is 1. The van der Waals surface area contributed by atoms with Crippen LogP contribution < -0.4 is 5.32 Å². The number of benzene rings is 1. The molecule has 1 aliphatic heterocycles. The summed E-state index contributed by atoms with van der Waals surface area (Å²) < 4.78 is 24.5. The molecule has 0 aromatic heterocycles. The van der Waals surface area contributed by atoms with Crippen LogP contribution in [0.4, 0.5) is 0 Å². The van der Waals surface area contributed by atoms with Gasteiger partial charge < -0.3 is 10.2 Å². The number of carbonyl (C=O) groups excluding carboxylic acids is 2. The van der Waals surface area contributed by atoms with Crippen LogP contribution >= 0.6 is 0 Å². The van der Waals surface area contributed by atoms with Crippen LogP contribution in [0.5, 0.6) is 0 Å². The predicted octanol–water partition coefficient (Wildman–Crippen LogP) is 0.177. The molecule has 6 nitrogen and oxygen atoms in total. The Balaban J connectivity index is 2.06. The van der Waals surface area contributed by atoms with Gasteiger partial charge in [0.1, 0.15) is 5.75 Å². The maximum absolute atomic E-state index is 12.3. The highest BCUT2D eigenvalue weighted by molar-refractivity contribution is 7.91. The van der Waals surface area contributed by atoms with Crippen LogP contribution in [-0.2, 0) is 25.2 Å². The number of aryl methyl sites for hydroxylation is 2. The van der Waals surface area contributed by atoms with Crippen LogP contribution in [0.25, 0.3) is 0 Å². The summed E-state index contributed by atoms with van der Waals surface area (Å²) >= 11 is 0. The van der Waals surface area contributed by atoms with Gasteiger partial charge in [0.2, 0.25) is 11.8 Å². The largest absolute Gasteiger partial charge is 0.353 e. The number of nitrogens with zero attached hydrogens (tertiary/aromatic N) is 1. The van der Waals surface area contributed by atoms with Gasteiger partial charge in [-0.25, -0.2) is 8.42 Å². The smallest absolute Gasteiger partial charge is 0.239 e. The maximum atomic E-state index is 12.3. The second-order valence-corrected chi connectivity index (χ2v) is 7.69. The third kappa shape index (κ3) is 4.30. The molecule has 0 atom stereocenters. The lowest BCUT2D eigenvalue weighted by molar-refractivity contribution is -0.136. The van der Waals surface area contributed by atoms with Gasteiger partial charge in [0.05, 0.1) is 12.3 Å². The topological polar surface area (TPSA) is 83.6 Å². The van der Waals surface area contributed by atoms with E-state index in [1.54, 1.807) is 0 Å². The van der Waals surface area contributed by atoms with Crippen molar-refractivity contribution >= 4 is 21.7 Å². The predicted molar refractivity (Wildman–Crippen MR) is 83.0 cm³/mol. The van der Waals surface area contributed by atoms with Gasteiger partial charge in [0.15, 0.2) is 9.84 Å². The van der Waals surface area contributed by atoms with Crippen LogP contribution in [0.3, 0.4) is 0 Å². The molecule has 0 radical (unpaired) electrons. The van der Waals surface area contributed by atoms with Gasteiger partial charge >= 0.3 is 0 Å². The third-order valence-corrected chi connectivity index (χ3v) is 5.05. The summed E-state index contributed by atoms with van der Waals surface area (Å²) in [7, 11) is -3.56. The summed E-state index contributed by atoms with van der Waals surface area (Å²) in [5, 5.41) is 2.60. The average Bonchev–Trinajstić information content (AvgIpc) is 2.42. The van der Waals surface area contributed by atoms with E-state index in [1.165, 1.54) is 4.90 Å². The lowest BCUT2D eigenvalue weighted by Gasteiger charge is -2.26.